The Morgan fingerprint density at radius 2 is 2.05 bits per heavy atom. The van der Waals surface area contributed by atoms with Crippen molar-refractivity contribution in [3.63, 3.8) is 0 Å². The molecule has 19 heavy (non-hydrogen) atoms. The Balaban J connectivity index is 2.00. The maximum atomic E-state index is 12.2. The summed E-state index contributed by atoms with van der Waals surface area (Å²) < 4.78 is 1.94. The third kappa shape index (κ3) is 2.30. The van der Waals surface area contributed by atoms with E-state index in [9.17, 15) is 4.79 Å². The molecule has 1 aliphatic heterocycles. The van der Waals surface area contributed by atoms with Crippen LogP contribution in [0.25, 0.3) is 10.9 Å². The minimum atomic E-state index is 0.113. The highest BCUT2D eigenvalue weighted by Gasteiger charge is 2.23. The van der Waals surface area contributed by atoms with Crippen molar-refractivity contribution in [2.24, 2.45) is 0 Å². The molecule has 100 valence electrons. The molecule has 0 spiro atoms. The van der Waals surface area contributed by atoms with Gasteiger partial charge in [0.1, 0.15) is 0 Å². The van der Waals surface area contributed by atoms with Crippen molar-refractivity contribution < 1.29 is 0 Å². The topological polar surface area (TPSA) is 25.2 Å². The quantitative estimate of drug-likeness (QED) is 0.843. The Kier molecular flexibility index (Phi) is 3.38. The van der Waals surface area contributed by atoms with Crippen molar-refractivity contribution in [1.29, 1.82) is 0 Å². The zero-order valence-electron chi connectivity index (χ0n) is 11.4. The van der Waals surface area contributed by atoms with Crippen LogP contribution in [0.4, 0.5) is 0 Å². The standard InChI is InChI=1S/C16H20N2O/c1-2-17-11-5-7-14(17)12-18-15-8-4-3-6-13(15)9-10-16(18)19/h3-4,6,8-10,14H,2,5,7,11-12H2,1H3. The van der Waals surface area contributed by atoms with Crippen LogP contribution in [0.1, 0.15) is 19.8 Å². The number of likely N-dealkylation sites (tertiary alicyclic amines) is 1. The van der Waals surface area contributed by atoms with Crippen molar-refractivity contribution in [3.8, 4) is 0 Å². The number of aromatic nitrogens is 1. The van der Waals surface area contributed by atoms with Crippen molar-refractivity contribution in [1.82, 2.24) is 9.47 Å². The summed E-state index contributed by atoms with van der Waals surface area (Å²) in [6.07, 6.45) is 2.45. The second-order valence-electron chi connectivity index (χ2n) is 5.27. The first-order valence-electron chi connectivity index (χ1n) is 7.12. The Labute approximate surface area is 113 Å². The van der Waals surface area contributed by atoms with Gasteiger partial charge in [0.2, 0.25) is 0 Å². The fraction of sp³-hybridized carbons (Fsp3) is 0.438. The lowest BCUT2D eigenvalue weighted by Crippen LogP contribution is -2.35. The van der Waals surface area contributed by atoms with Crippen LogP contribution in [0.2, 0.25) is 0 Å². The highest BCUT2D eigenvalue weighted by molar-refractivity contribution is 5.78. The Hall–Kier alpha value is -1.61. The van der Waals surface area contributed by atoms with Gasteiger partial charge >= 0.3 is 0 Å². The van der Waals surface area contributed by atoms with Crippen LogP contribution in [0, 0.1) is 0 Å². The molecular weight excluding hydrogens is 236 g/mol. The molecule has 0 aliphatic carbocycles. The zero-order chi connectivity index (χ0) is 13.2. The third-order valence-corrected chi connectivity index (χ3v) is 4.20. The molecule has 1 aromatic heterocycles. The minimum Gasteiger partial charge on any atom is -0.307 e. The zero-order valence-corrected chi connectivity index (χ0v) is 11.4. The summed E-state index contributed by atoms with van der Waals surface area (Å²) in [7, 11) is 0. The Bertz CT molecular complexity index is 632. The highest BCUT2D eigenvalue weighted by Crippen LogP contribution is 2.19. The molecule has 3 rings (SSSR count). The third-order valence-electron chi connectivity index (χ3n) is 4.20. The number of benzene rings is 1. The predicted octanol–water partition coefficient (Wildman–Crippen LogP) is 2.49. The van der Waals surface area contributed by atoms with Gasteiger partial charge < -0.3 is 4.57 Å². The molecule has 2 heterocycles. The largest absolute Gasteiger partial charge is 0.307 e. The van der Waals surface area contributed by atoms with Crippen LogP contribution in [-0.2, 0) is 6.54 Å². The van der Waals surface area contributed by atoms with E-state index in [0.717, 1.165) is 24.0 Å². The maximum Gasteiger partial charge on any atom is 0.251 e. The first kappa shape index (κ1) is 12.4. The smallest absolute Gasteiger partial charge is 0.251 e. The van der Waals surface area contributed by atoms with Crippen molar-refractivity contribution >= 4 is 10.9 Å². The van der Waals surface area contributed by atoms with Crippen LogP contribution in [0.3, 0.4) is 0 Å². The van der Waals surface area contributed by atoms with E-state index in [-0.39, 0.29) is 5.56 Å². The first-order chi connectivity index (χ1) is 9.29. The van der Waals surface area contributed by atoms with E-state index in [2.05, 4.69) is 17.9 Å². The fourth-order valence-electron chi connectivity index (χ4n) is 3.16. The summed E-state index contributed by atoms with van der Waals surface area (Å²) in [5.41, 5.74) is 1.17. The number of hydrogen-bond donors (Lipinski definition) is 0. The van der Waals surface area contributed by atoms with E-state index in [0.29, 0.717) is 6.04 Å². The number of para-hydroxylation sites is 1. The molecule has 0 bridgehead atoms. The van der Waals surface area contributed by atoms with Gasteiger partial charge in [0.25, 0.3) is 5.56 Å². The van der Waals surface area contributed by atoms with E-state index in [1.165, 1.54) is 19.4 Å². The Morgan fingerprint density at radius 3 is 2.89 bits per heavy atom. The van der Waals surface area contributed by atoms with Crippen LogP contribution < -0.4 is 5.56 Å². The first-order valence-corrected chi connectivity index (χ1v) is 7.12. The lowest BCUT2D eigenvalue weighted by Gasteiger charge is -2.24. The molecule has 1 aromatic carbocycles. The lowest BCUT2D eigenvalue weighted by molar-refractivity contribution is 0.244. The summed E-state index contributed by atoms with van der Waals surface area (Å²) in [6.45, 7) is 5.25. The molecule has 3 nitrogen and oxygen atoms in total. The van der Waals surface area contributed by atoms with Crippen molar-refractivity contribution in [3.05, 3.63) is 46.8 Å². The molecule has 2 aromatic rings. The van der Waals surface area contributed by atoms with Gasteiger partial charge in [0.05, 0.1) is 5.52 Å². The van der Waals surface area contributed by atoms with Crippen molar-refractivity contribution in [2.45, 2.75) is 32.4 Å². The molecular formula is C16H20N2O. The lowest BCUT2D eigenvalue weighted by atomic mass is 10.1. The second kappa shape index (κ2) is 5.17. The molecule has 0 saturated carbocycles. The molecule has 1 aliphatic rings. The number of fused-ring (bicyclic) bond motifs is 1. The monoisotopic (exact) mass is 256 g/mol. The van der Waals surface area contributed by atoms with Crippen LogP contribution in [0.5, 0.6) is 0 Å². The van der Waals surface area contributed by atoms with Gasteiger partial charge in [-0.05, 0) is 43.5 Å². The normalized spacial score (nSPS) is 20.2. The van der Waals surface area contributed by atoms with E-state index < -0.39 is 0 Å². The summed E-state index contributed by atoms with van der Waals surface area (Å²) in [6, 6.07) is 12.2. The molecule has 1 unspecified atom stereocenters. The summed E-state index contributed by atoms with van der Waals surface area (Å²) in [4.78, 5) is 14.6. The summed E-state index contributed by atoms with van der Waals surface area (Å²) in [5, 5.41) is 1.14. The molecule has 3 heteroatoms. The fourth-order valence-corrected chi connectivity index (χ4v) is 3.16. The van der Waals surface area contributed by atoms with Gasteiger partial charge in [-0.2, -0.15) is 0 Å². The number of nitrogens with zero attached hydrogens (tertiary/aromatic N) is 2. The summed E-state index contributed by atoms with van der Waals surface area (Å²) in [5.74, 6) is 0. The van der Waals surface area contributed by atoms with E-state index >= 15 is 0 Å². The van der Waals surface area contributed by atoms with Gasteiger partial charge in [0.15, 0.2) is 0 Å². The van der Waals surface area contributed by atoms with Gasteiger partial charge in [-0.15, -0.1) is 0 Å². The number of pyridine rings is 1. The van der Waals surface area contributed by atoms with E-state index in [4.69, 9.17) is 0 Å². The SMILES string of the molecule is CCN1CCCC1Cn1c(=O)ccc2ccccc21. The van der Waals surface area contributed by atoms with E-state index in [1.807, 2.05) is 28.8 Å². The average molecular weight is 256 g/mol. The Morgan fingerprint density at radius 1 is 1.21 bits per heavy atom. The molecule has 0 N–H and O–H groups in total. The average Bonchev–Trinajstić information content (AvgIpc) is 2.89. The molecule has 1 fully saturated rings. The number of likely N-dealkylation sites (N-methyl/N-ethyl adjacent to an activating group) is 1. The molecule has 1 atom stereocenters. The maximum absolute atomic E-state index is 12.2. The van der Waals surface area contributed by atoms with Gasteiger partial charge in [-0.3, -0.25) is 9.69 Å². The van der Waals surface area contributed by atoms with Gasteiger partial charge in [-0.25, -0.2) is 0 Å². The summed E-state index contributed by atoms with van der Waals surface area (Å²) >= 11 is 0. The van der Waals surface area contributed by atoms with Gasteiger partial charge in [0, 0.05) is 18.7 Å². The molecule has 0 radical (unpaired) electrons. The van der Waals surface area contributed by atoms with Crippen molar-refractivity contribution in [2.75, 3.05) is 13.1 Å². The van der Waals surface area contributed by atoms with Crippen LogP contribution in [-0.4, -0.2) is 28.6 Å². The number of rotatable bonds is 3. The minimum absolute atomic E-state index is 0.113. The predicted molar refractivity (Wildman–Crippen MR) is 78.5 cm³/mol. The van der Waals surface area contributed by atoms with Gasteiger partial charge in [-0.1, -0.05) is 25.1 Å². The van der Waals surface area contributed by atoms with Crippen LogP contribution in [0.15, 0.2) is 41.2 Å². The molecule has 0 amide bonds. The number of hydrogen-bond acceptors (Lipinski definition) is 2. The second-order valence-corrected chi connectivity index (χ2v) is 5.27. The van der Waals surface area contributed by atoms with Crippen LogP contribution >= 0.6 is 0 Å². The molecule has 1 saturated heterocycles. The van der Waals surface area contributed by atoms with E-state index in [1.54, 1.807) is 6.07 Å². The highest BCUT2D eigenvalue weighted by atomic mass is 16.1.